The molecule has 4 atom stereocenters. The zero-order valence-electron chi connectivity index (χ0n) is 10.9. The van der Waals surface area contributed by atoms with Crippen LogP contribution in [0, 0.1) is 0 Å². The summed E-state index contributed by atoms with van der Waals surface area (Å²) in [5.41, 5.74) is 0. The molecule has 1 saturated carbocycles. The molecule has 3 heteroatoms. The van der Waals surface area contributed by atoms with Gasteiger partial charge in [0.15, 0.2) is 0 Å². The highest BCUT2D eigenvalue weighted by Crippen LogP contribution is 2.25. The van der Waals surface area contributed by atoms with Crippen molar-refractivity contribution in [2.24, 2.45) is 0 Å². The van der Waals surface area contributed by atoms with E-state index in [2.05, 4.69) is 31.1 Å². The number of ether oxygens (including phenoxy) is 1. The van der Waals surface area contributed by atoms with Gasteiger partial charge in [0.25, 0.3) is 0 Å². The predicted octanol–water partition coefficient (Wildman–Crippen LogP) is 1.63. The molecule has 0 bridgehead atoms. The standard InChI is InChI=1S/C13H26N2O/c1-10-8-15(9-11(2)16-10)13-7-5-4-6-12(13)14-3/h10-14H,4-9H2,1-3H3/t10-,11+,12?,13?. The molecule has 1 aliphatic carbocycles. The minimum atomic E-state index is 0.392. The van der Waals surface area contributed by atoms with Gasteiger partial charge >= 0.3 is 0 Å². The Hall–Kier alpha value is -0.120. The predicted molar refractivity (Wildman–Crippen MR) is 66.7 cm³/mol. The summed E-state index contributed by atoms with van der Waals surface area (Å²) >= 11 is 0. The first-order valence-corrected chi connectivity index (χ1v) is 6.77. The van der Waals surface area contributed by atoms with Crippen molar-refractivity contribution in [3.05, 3.63) is 0 Å². The van der Waals surface area contributed by atoms with Crippen LogP contribution in [-0.2, 0) is 4.74 Å². The Morgan fingerprint density at radius 3 is 2.31 bits per heavy atom. The number of morpholine rings is 1. The molecule has 1 heterocycles. The first-order valence-electron chi connectivity index (χ1n) is 6.77. The first-order chi connectivity index (χ1) is 7.70. The van der Waals surface area contributed by atoms with Crippen LogP contribution in [0.1, 0.15) is 39.5 Å². The van der Waals surface area contributed by atoms with Gasteiger partial charge in [0.2, 0.25) is 0 Å². The summed E-state index contributed by atoms with van der Waals surface area (Å²) in [6, 6.07) is 1.42. The summed E-state index contributed by atoms with van der Waals surface area (Å²) in [6.45, 7) is 6.60. The van der Waals surface area contributed by atoms with Crippen LogP contribution in [0.15, 0.2) is 0 Å². The number of nitrogens with zero attached hydrogens (tertiary/aromatic N) is 1. The lowest BCUT2D eigenvalue weighted by atomic mass is 9.88. The second kappa shape index (κ2) is 5.48. The SMILES string of the molecule is CNC1CCCCC1N1C[C@@H](C)O[C@@H](C)C1. The average Bonchev–Trinajstić information content (AvgIpc) is 2.27. The molecule has 0 amide bonds. The summed E-state index contributed by atoms with van der Waals surface area (Å²) in [4.78, 5) is 2.65. The van der Waals surface area contributed by atoms with Crippen molar-refractivity contribution in [1.82, 2.24) is 10.2 Å². The number of nitrogens with one attached hydrogen (secondary N) is 1. The van der Waals surface area contributed by atoms with Crippen LogP contribution in [0.25, 0.3) is 0 Å². The van der Waals surface area contributed by atoms with Crippen LogP contribution in [0.2, 0.25) is 0 Å². The molecule has 1 N–H and O–H groups in total. The van der Waals surface area contributed by atoms with Crippen molar-refractivity contribution >= 4 is 0 Å². The van der Waals surface area contributed by atoms with Gasteiger partial charge in [-0.1, -0.05) is 12.8 Å². The van der Waals surface area contributed by atoms with Gasteiger partial charge in [-0.15, -0.1) is 0 Å². The summed E-state index contributed by atoms with van der Waals surface area (Å²) in [5, 5.41) is 3.50. The molecule has 0 radical (unpaired) electrons. The Balaban J connectivity index is 1.98. The Labute approximate surface area is 99.5 Å². The van der Waals surface area contributed by atoms with E-state index in [-0.39, 0.29) is 0 Å². The molecule has 94 valence electrons. The zero-order valence-corrected chi connectivity index (χ0v) is 10.9. The van der Waals surface area contributed by atoms with Crippen molar-refractivity contribution in [2.75, 3.05) is 20.1 Å². The molecular formula is C13H26N2O. The molecule has 0 aromatic rings. The van der Waals surface area contributed by atoms with Gasteiger partial charge in [0, 0.05) is 25.2 Å². The van der Waals surface area contributed by atoms with Crippen LogP contribution in [0.3, 0.4) is 0 Å². The summed E-state index contributed by atoms with van der Waals surface area (Å²) in [5.74, 6) is 0. The van der Waals surface area contributed by atoms with Gasteiger partial charge in [-0.3, -0.25) is 4.90 Å². The number of rotatable bonds is 2. The van der Waals surface area contributed by atoms with Crippen LogP contribution in [0.5, 0.6) is 0 Å². The van der Waals surface area contributed by atoms with Crippen LogP contribution >= 0.6 is 0 Å². The molecular weight excluding hydrogens is 200 g/mol. The van der Waals surface area contributed by atoms with E-state index >= 15 is 0 Å². The van der Waals surface area contributed by atoms with Crippen molar-refractivity contribution in [2.45, 2.75) is 63.8 Å². The van der Waals surface area contributed by atoms with E-state index in [9.17, 15) is 0 Å². The smallest absolute Gasteiger partial charge is 0.0678 e. The quantitative estimate of drug-likeness (QED) is 0.774. The Morgan fingerprint density at radius 1 is 1.06 bits per heavy atom. The molecule has 2 aliphatic rings. The molecule has 2 rings (SSSR count). The normalized spacial score (nSPS) is 42.2. The van der Waals surface area contributed by atoms with E-state index in [1.54, 1.807) is 0 Å². The molecule has 0 spiro atoms. The molecule has 0 aromatic carbocycles. The minimum Gasteiger partial charge on any atom is -0.373 e. The molecule has 2 unspecified atom stereocenters. The largest absolute Gasteiger partial charge is 0.373 e. The Bertz CT molecular complexity index is 212. The topological polar surface area (TPSA) is 24.5 Å². The zero-order chi connectivity index (χ0) is 11.5. The number of hydrogen-bond donors (Lipinski definition) is 1. The van der Waals surface area contributed by atoms with Gasteiger partial charge in [-0.05, 0) is 33.7 Å². The fraction of sp³-hybridized carbons (Fsp3) is 1.00. The molecule has 1 saturated heterocycles. The average molecular weight is 226 g/mol. The molecule has 3 nitrogen and oxygen atoms in total. The van der Waals surface area contributed by atoms with Gasteiger partial charge in [0.1, 0.15) is 0 Å². The van der Waals surface area contributed by atoms with Crippen molar-refractivity contribution < 1.29 is 4.74 Å². The number of likely N-dealkylation sites (N-methyl/N-ethyl adjacent to an activating group) is 1. The highest BCUT2D eigenvalue weighted by molar-refractivity contribution is 4.90. The monoisotopic (exact) mass is 226 g/mol. The van der Waals surface area contributed by atoms with E-state index in [1.165, 1.54) is 25.7 Å². The minimum absolute atomic E-state index is 0.392. The maximum absolute atomic E-state index is 5.81. The van der Waals surface area contributed by atoms with E-state index < -0.39 is 0 Å². The highest BCUT2D eigenvalue weighted by Gasteiger charge is 2.33. The van der Waals surface area contributed by atoms with Crippen LogP contribution < -0.4 is 5.32 Å². The van der Waals surface area contributed by atoms with E-state index in [0.29, 0.717) is 18.2 Å². The summed E-state index contributed by atoms with van der Waals surface area (Å²) in [6.07, 6.45) is 6.25. The van der Waals surface area contributed by atoms with E-state index in [1.807, 2.05) is 0 Å². The molecule has 1 aliphatic heterocycles. The highest BCUT2D eigenvalue weighted by atomic mass is 16.5. The summed E-state index contributed by atoms with van der Waals surface area (Å²) in [7, 11) is 2.11. The molecule has 16 heavy (non-hydrogen) atoms. The molecule has 2 fully saturated rings. The number of hydrogen-bond acceptors (Lipinski definition) is 3. The van der Waals surface area contributed by atoms with Crippen molar-refractivity contribution in [3.63, 3.8) is 0 Å². The van der Waals surface area contributed by atoms with Crippen LogP contribution in [-0.4, -0.2) is 49.3 Å². The third kappa shape index (κ3) is 2.76. The lowest BCUT2D eigenvalue weighted by Crippen LogP contribution is -2.57. The lowest BCUT2D eigenvalue weighted by Gasteiger charge is -2.45. The first kappa shape index (κ1) is 12.3. The summed E-state index contributed by atoms with van der Waals surface area (Å²) < 4.78 is 5.81. The van der Waals surface area contributed by atoms with Crippen LogP contribution in [0.4, 0.5) is 0 Å². The van der Waals surface area contributed by atoms with Crippen molar-refractivity contribution in [1.29, 1.82) is 0 Å². The third-order valence-corrected chi connectivity index (χ3v) is 4.02. The Kier molecular flexibility index (Phi) is 4.22. The second-order valence-corrected chi connectivity index (χ2v) is 5.46. The van der Waals surface area contributed by atoms with E-state index in [0.717, 1.165) is 19.1 Å². The maximum Gasteiger partial charge on any atom is 0.0678 e. The Morgan fingerprint density at radius 2 is 1.69 bits per heavy atom. The van der Waals surface area contributed by atoms with Gasteiger partial charge in [-0.25, -0.2) is 0 Å². The second-order valence-electron chi connectivity index (χ2n) is 5.46. The van der Waals surface area contributed by atoms with Gasteiger partial charge in [-0.2, -0.15) is 0 Å². The molecule has 0 aromatic heterocycles. The van der Waals surface area contributed by atoms with E-state index in [4.69, 9.17) is 4.74 Å². The van der Waals surface area contributed by atoms with Crippen molar-refractivity contribution in [3.8, 4) is 0 Å². The fourth-order valence-corrected chi connectivity index (χ4v) is 3.37. The van der Waals surface area contributed by atoms with Gasteiger partial charge in [0.05, 0.1) is 12.2 Å². The third-order valence-electron chi connectivity index (χ3n) is 4.02. The fourth-order valence-electron chi connectivity index (χ4n) is 3.37. The lowest BCUT2D eigenvalue weighted by molar-refractivity contribution is -0.0875. The maximum atomic E-state index is 5.81. The van der Waals surface area contributed by atoms with Gasteiger partial charge < -0.3 is 10.1 Å².